The van der Waals surface area contributed by atoms with E-state index in [0.717, 1.165) is 9.75 Å². The van der Waals surface area contributed by atoms with Gasteiger partial charge in [0, 0.05) is 22.4 Å². The van der Waals surface area contributed by atoms with Crippen LogP contribution < -0.4 is 0 Å². The van der Waals surface area contributed by atoms with Crippen LogP contribution in [0.1, 0.15) is 16.7 Å². The van der Waals surface area contributed by atoms with Gasteiger partial charge in [-0.25, -0.2) is 0 Å². The summed E-state index contributed by atoms with van der Waals surface area (Å²) in [5.41, 5.74) is 1.03. The zero-order chi connectivity index (χ0) is 10.0. The molecule has 0 saturated carbocycles. The fourth-order valence-electron chi connectivity index (χ4n) is 1.34. The van der Waals surface area contributed by atoms with Crippen molar-refractivity contribution in [3.63, 3.8) is 0 Å². The van der Waals surface area contributed by atoms with Crippen molar-refractivity contribution in [1.29, 1.82) is 0 Å². The van der Waals surface area contributed by atoms with Crippen molar-refractivity contribution in [2.45, 2.75) is 18.9 Å². The molecule has 1 N–H and O–H groups in total. The molecule has 14 heavy (non-hydrogen) atoms. The fraction of sp³-hybridized carbons (Fsp3) is 0.300. The molecule has 0 radical (unpaired) electrons. The van der Waals surface area contributed by atoms with Crippen molar-refractivity contribution in [1.82, 2.24) is 4.98 Å². The Labute approximate surface area is 90.9 Å². The molecule has 1 unspecified atom stereocenters. The second-order valence-electron chi connectivity index (χ2n) is 3.40. The van der Waals surface area contributed by atoms with Crippen LogP contribution in [-0.2, 0) is 12.0 Å². The molecule has 2 nitrogen and oxygen atoms in total. The first-order chi connectivity index (χ1) is 6.68. The van der Waals surface area contributed by atoms with Gasteiger partial charge in [0.25, 0.3) is 0 Å². The molecule has 0 fully saturated rings. The molecule has 4 heteroatoms. The Morgan fingerprint density at radius 1 is 1.50 bits per heavy atom. The average molecular weight is 225 g/mol. The Morgan fingerprint density at radius 3 is 2.93 bits per heavy atom. The summed E-state index contributed by atoms with van der Waals surface area (Å²) in [5.74, 6) is 0. The fourth-order valence-corrected chi connectivity index (χ4v) is 2.87. The van der Waals surface area contributed by atoms with Gasteiger partial charge in [-0.05, 0) is 18.4 Å². The first-order valence-electron chi connectivity index (χ1n) is 4.32. The van der Waals surface area contributed by atoms with Crippen molar-refractivity contribution in [2.24, 2.45) is 0 Å². The molecule has 2 rings (SSSR count). The SMILES string of the molecule is CC(O)(Cc1cncs1)c1cccs1. The number of thiazole rings is 1. The number of aliphatic hydroxyl groups is 1. The first-order valence-corrected chi connectivity index (χ1v) is 6.08. The lowest BCUT2D eigenvalue weighted by Crippen LogP contribution is -2.22. The van der Waals surface area contributed by atoms with Gasteiger partial charge in [0.15, 0.2) is 0 Å². The van der Waals surface area contributed by atoms with Gasteiger partial charge in [0.1, 0.15) is 5.60 Å². The summed E-state index contributed by atoms with van der Waals surface area (Å²) in [7, 11) is 0. The van der Waals surface area contributed by atoms with Crippen molar-refractivity contribution >= 4 is 22.7 Å². The van der Waals surface area contributed by atoms with Crippen molar-refractivity contribution in [2.75, 3.05) is 0 Å². The van der Waals surface area contributed by atoms with Crippen LogP contribution in [0.25, 0.3) is 0 Å². The lowest BCUT2D eigenvalue weighted by molar-refractivity contribution is 0.0623. The predicted molar refractivity (Wildman–Crippen MR) is 59.7 cm³/mol. The quantitative estimate of drug-likeness (QED) is 0.871. The Kier molecular flexibility index (Phi) is 2.67. The highest BCUT2D eigenvalue weighted by Gasteiger charge is 2.25. The maximum absolute atomic E-state index is 10.2. The zero-order valence-corrected chi connectivity index (χ0v) is 9.44. The van der Waals surface area contributed by atoms with E-state index in [0.29, 0.717) is 6.42 Å². The van der Waals surface area contributed by atoms with Crippen LogP contribution >= 0.6 is 22.7 Å². The van der Waals surface area contributed by atoms with Gasteiger partial charge in [0.2, 0.25) is 0 Å². The molecule has 0 aromatic carbocycles. The van der Waals surface area contributed by atoms with Crippen molar-refractivity contribution in [3.05, 3.63) is 39.0 Å². The van der Waals surface area contributed by atoms with Gasteiger partial charge in [0.05, 0.1) is 5.51 Å². The summed E-state index contributed by atoms with van der Waals surface area (Å²) >= 11 is 3.17. The van der Waals surface area contributed by atoms with E-state index in [9.17, 15) is 5.11 Å². The second kappa shape index (κ2) is 3.81. The van der Waals surface area contributed by atoms with E-state index in [2.05, 4.69) is 4.98 Å². The predicted octanol–water partition coefficient (Wildman–Crippen LogP) is 2.65. The van der Waals surface area contributed by atoms with Crippen LogP contribution in [0.15, 0.2) is 29.2 Å². The lowest BCUT2D eigenvalue weighted by atomic mass is 10.00. The van der Waals surface area contributed by atoms with Gasteiger partial charge in [-0.3, -0.25) is 4.98 Å². The number of hydrogen-bond acceptors (Lipinski definition) is 4. The normalized spacial score (nSPS) is 15.3. The lowest BCUT2D eigenvalue weighted by Gasteiger charge is -2.20. The molecule has 0 aliphatic rings. The van der Waals surface area contributed by atoms with Crippen LogP contribution in [0, 0.1) is 0 Å². The molecule has 0 aliphatic heterocycles. The number of rotatable bonds is 3. The van der Waals surface area contributed by atoms with Crippen molar-refractivity contribution < 1.29 is 5.11 Å². The van der Waals surface area contributed by atoms with Gasteiger partial charge in [-0.15, -0.1) is 22.7 Å². The number of hydrogen-bond donors (Lipinski definition) is 1. The molecule has 0 saturated heterocycles. The van der Waals surface area contributed by atoms with E-state index in [4.69, 9.17) is 0 Å². The van der Waals surface area contributed by atoms with Crippen LogP contribution in [0.4, 0.5) is 0 Å². The molecule has 1 atom stereocenters. The molecule has 2 aromatic rings. The minimum atomic E-state index is -0.763. The molecule has 2 heterocycles. The van der Waals surface area contributed by atoms with Crippen LogP contribution in [0.3, 0.4) is 0 Å². The summed E-state index contributed by atoms with van der Waals surface area (Å²) < 4.78 is 0. The minimum Gasteiger partial charge on any atom is -0.384 e. The molecule has 0 spiro atoms. The minimum absolute atomic E-state index is 0.637. The van der Waals surface area contributed by atoms with E-state index in [1.165, 1.54) is 0 Å². The summed E-state index contributed by atoms with van der Waals surface area (Å²) in [5, 5.41) is 12.2. The Morgan fingerprint density at radius 2 is 2.36 bits per heavy atom. The van der Waals surface area contributed by atoms with Crippen molar-refractivity contribution in [3.8, 4) is 0 Å². The molecule has 0 bridgehead atoms. The van der Waals surface area contributed by atoms with Crippen LogP contribution in [0.5, 0.6) is 0 Å². The summed E-state index contributed by atoms with van der Waals surface area (Å²) in [6.45, 7) is 1.85. The number of thiophene rings is 1. The summed E-state index contributed by atoms with van der Waals surface area (Å²) in [4.78, 5) is 6.12. The molecule has 0 amide bonds. The first kappa shape index (κ1) is 9.83. The van der Waals surface area contributed by atoms with Gasteiger partial charge >= 0.3 is 0 Å². The molecule has 74 valence electrons. The van der Waals surface area contributed by atoms with Gasteiger partial charge < -0.3 is 5.11 Å². The standard InChI is InChI=1S/C10H11NOS2/c1-10(12,9-3-2-4-13-9)5-8-6-11-7-14-8/h2-4,6-7,12H,5H2,1H3. The maximum atomic E-state index is 10.2. The molecular formula is C10H11NOS2. The van der Waals surface area contributed by atoms with E-state index < -0.39 is 5.60 Å². The zero-order valence-electron chi connectivity index (χ0n) is 7.80. The molecule has 2 aromatic heterocycles. The summed E-state index contributed by atoms with van der Waals surface area (Å²) in [6.07, 6.45) is 2.45. The van der Waals surface area contributed by atoms with E-state index in [-0.39, 0.29) is 0 Å². The van der Waals surface area contributed by atoms with Crippen LogP contribution in [-0.4, -0.2) is 10.1 Å². The van der Waals surface area contributed by atoms with E-state index in [1.807, 2.05) is 30.6 Å². The van der Waals surface area contributed by atoms with Crippen LogP contribution in [0.2, 0.25) is 0 Å². The monoisotopic (exact) mass is 225 g/mol. The largest absolute Gasteiger partial charge is 0.384 e. The van der Waals surface area contributed by atoms with Gasteiger partial charge in [-0.1, -0.05) is 6.07 Å². The second-order valence-corrected chi connectivity index (χ2v) is 5.31. The average Bonchev–Trinajstić information content (AvgIpc) is 2.71. The Bertz CT molecular complexity index is 378. The van der Waals surface area contributed by atoms with Gasteiger partial charge in [-0.2, -0.15) is 0 Å². The third kappa shape index (κ3) is 2.03. The molecule has 0 aliphatic carbocycles. The molecular weight excluding hydrogens is 214 g/mol. The Hall–Kier alpha value is -0.710. The number of nitrogens with zero attached hydrogens (tertiary/aromatic N) is 1. The highest BCUT2D eigenvalue weighted by Crippen LogP contribution is 2.29. The highest BCUT2D eigenvalue weighted by molar-refractivity contribution is 7.10. The number of aromatic nitrogens is 1. The maximum Gasteiger partial charge on any atom is 0.101 e. The van der Waals surface area contributed by atoms with E-state index >= 15 is 0 Å². The topological polar surface area (TPSA) is 33.1 Å². The van der Waals surface area contributed by atoms with E-state index in [1.54, 1.807) is 28.2 Å². The third-order valence-electron chi connectivity index (χ3n) is 2.05. The smallest absolute Gasteiger partial charge is 0.101 e. The third-order valence-corrected chi connectivity index (χ3v) is 3.96. The highest BCUT2D eigenvalue weighted by atomic mass is 32.1. The summed E-state index contributed by atoms with van der Waals surface area (Å²) in [6, 6.07) is 3.92. The Balaban J connectivity index is 2.17.